The van der Waals surface area contributed by atoms with Crippen LogP contribution in [0.25, 0.3) is 5.57 Å². The van der Waals surface area contributed by atoms with Gasteiger partial charge in [-0.15, -0.1) is 0 Å². The lowest BCUT2D eigenvalue weighted by molar-refractivity contribution is 0.143. The van der Waals surface area contributed by atoms with Gasteiger partial charge in [-0.2, -0.15) is 0 Å². The highest BCUT2D eigenvalue weighted by molar-refractivity contribution is 5.79. The van der Waals surface area contributed by atoms with E-state index in [1.807, 2.05) is 24.3 Å². The first-order valence-electron chi connectivity index (χ1n) is 5.16. The molecule has 4 heteroatoms. The molecule has 0 atom stereocenters. The highest BCUT2D eigenvalue weighted by Crippen LogP contribution is 2.34. The van der Waals surface area contributed by atoms with Crippen LogP contribution >= 0.6 is 0 Å². The Morgan fingerprint density at radius 1 is 1.31 bits per heavy atom. The molecule has 2 heterocycles. The van der Waals surface area contributed by atoms with E-state index in [0.717, 1.165) is 22.5 Å². The van der Waals surface area contributed by atoms with Crippen molar-refractivity contribution in [3.63, 3.8) is 0 Å². The van der Waals surface area contributed by atoms with E-state index in [1.54, 1.807) is 0 Å². The third-order valence-corrected chi connectivity index (χ3v) is 3.03. The van der Waals surface area contributed by atoms with Crippen LogP contribution in [0.2, 0.25) is 0 Å². The normalized spacial score (nSPS) is 17.9. The fourth-order valence-corrected chi connectivity index (χ4v) is 2.21. The third-order valence-electron chi connectivity index (χ3n) is 3.03. The van der Waals surface area contributed by atoms with E-state index in [1.165, 1.54) is 4.90 Å². The van der Waals surface area contributed by atoms with Crippen LogP contribution in [0.5, 0.6) is 0 Å². The van der Waals surface area contributed by atoms with Crippen LogP contribution in [0.4, 0.5) is 4.79 Å². The monoisotopic (exact) mass is 217 g/mol. The van der Waals surface area contributed by atoms with Crippen LogP contribution in [0, 0.1) is 0 Å². The van der Waals surface area contributed by atoms with Crippen molar-refractivity contribution < 1.29 is 14.6 Å². The molecule has 0 bridgehead atoms. The van der Waals surface area contributed by atoms with Gasteiger partial charge in [0.25, 0.3) is 0 Å². The zero-order valence-electron chi connectivity index (χ0n) is 8.64. The minimum Gasteiger partial charge on any atom is -0.491 e. The number of hydrogen-bond donors (Lipinski definition) is 1. The second kappa shape index (κ2) is 3.27. The first-order chi connectivity index (χ1) is 7.75. The summed E-state index contributed by atoms with van der Waals surface area (Å²) in [4.78, 5) is 12.3. The molecule has 4 nitrogen and oxygen atoms in total. The number of carbonyl (C=O) groups is 1. The number of fused-ring (bicyclic) bond motifs is 2. The molecule has 0 spiro atoms. The third kappa shape index (κ3) is 1.26. The van der Waals surface area contributed by atoms with Crippen molar-refractivity contribution in [2.75, 3.05) is 13.1 Å². The van der Waals surface area contributed by atoms with Gasteiger partial charge >= 0.3 is 6.09 Å². The number of benzene rings is 1. The molecule has 1 aromatic carbocycles. The van der Waals surface area contributed by atoms with Gasteiger partial charge in [0.2, 0.25) is 0 Å². The number of rotatable bonds is 0. The SMILES string of the molecule is O=C(O)N1CC2=C(C1)c1ccccc1CO2. The molecule has 0 fully saturated rings. The van der Waals surface area contributed by atoms with Crippen molar-refractivity contribution in [2.45, 2.75) is 6.61 Å². The van der Waals surface area contributed by atoms with Crippen LogP contribution in [-0.4, -0.2) is 29.2 Å². The van der Waals surface area contributed by atoms with E-state index >= 15 is 0 Å². The fraction of sp³-hybridized carbons (Fsp3) is 0.250. The van der Waals surface area contributed by atoms with Crippen LogP contribution in [0.1, 0.15) is 11.1 Å². The maximum atomic E-state index is 10.9. The minimum absolute atomic E-state index is 0.374. The van der Waals surface area contributed by atoms with E-state index in [0.29, 0.717) is 19.7 Å². The van der Waals surface area contributed by atoms with Crippen molar-refractivity contribution in [3.8, 4) is 0 Å². The first-order valence-corrected chi connectivity index (χ1v) is 5.16. The Hall–Kier alpha value is -1.97. The minimum atomic E-state index is -0.893. The Morgan fingerprint density at radius 2 is 2.12 bits per heavy atom. The number of amides is 1. The van der Waals surface area contributed by atoms with Gasteiger partial charge in [0, 0.05) is 5.57 Å². The summed E-state index contributed by atoms with van der Waals surface area (Å²) in [5.74, 6) is 0.807. The highest BCUT2D eigenvalue weighted by Gasteiger charge is 2.31. The highest BCUT2D eigenvalue weighted by atomic mass is 16.5. The number of ether oxygens (including phenoxy) is 1. The Labute approximate surface area is 92.7 Å². The molecule has 16 heavy (non-hydrogen) atoms. The van der Waals surface area contributed by atoms with Crippen molar-refractivity contribution in [1.82, 2.24) is 4.90 Å². The molecule has 0 unspecified atom stereocenters. The first kappa shape index (κ1) is 9.27. The van der Waals surface area contributed by atoms with Gasteiger partial charge < -0.3 is 9.84 Å². The largest absolute Gasteiger partial charge is 0.491 e. The maximum Gasteiger partial charge on any atom is 0.408 e. The van der Waals surface area contributed by atoms with Crippen LogP contribution < -0.4 is 0 Å². The fourth-order valence-electron chi connectivity index (χ4n) is 2.21. The topological polar surface area (TPSA) is 49.8 Å². The quantitative estimate of drug-likeness (QED) is 0.722. The molecule has 82 valence electrons. The molecule has 0 saturated heterocycles. The molecule has 2 aliphatic rings. The van der Waals surface area contributed by atoms with Gasteiger partial charge in [-0.3, -0.25) is 4.90 Å². The van der Waals surface area contributed by atoms with Gasteiger partial charge in [0.1, 0.15) is 12.4 Å². The number of hydrogen-bond acceptors (Lipinski definition) is 2. The van der Waals surface area contributed by atoms with Crippen molar-refractivity contribution in [3.05, 3.63) is 41.2 Å². The van der Waals surface area contributed by atoms with Crippen molar-refractivity contribution in [2.24, 2.45) is 0 Å². The molecule has 0 aromatic heterocycles. The molecule has 3 rings (SSSR count). The summed E-state index contributed by atoms with van der Waals surface area (Å²) < 4.78 is 5.58. The second-order valence-electron chi connectivity index (χ2n) is 3.99. The molecule has 0 aliphatic carbocycles. The summed E-state index contributed by atoms with van der Waals surface area (Å²) in [6.45, 7) is 1.35. The zero-order chi connectivity index (χ0) is 11.1. The summed E-state index contributed by atoms with van der Waals surface area (Å²) >= 11 is 0. The predicted octanol–water partition coefficient (Wildman–Crippen LogP) is 1.92. The Bertz CT molecular complexity index is 493. The molecule has 1 amide bonds. The molecular weight excluding hydrogens is 206 g/mol. The average molecular weight is 217 g/mol. The maximum absolute atomic E-state index is 10.9. The second-order valence-corrected chi connectivity index (χ2v) is 3.99. The predicted molar refractivity (Wildman–Crippen MR) is 57.7 cm³/mol. The summed E-state index contributed by atoms with van der Waals surface area (Å²) in [5, 5.41) is 8.95. The van der Waals surface area contributed by atoms with Gasteiger partial charge in [0.05, 0.1) is 13.1 Å². The van der Waals surface area contributed by atoms with Crippen LogP contribution in [0.3, 0.4) is 0 Å². The molecule has 1 aromatic rings. The van der Waals surface area contributed by atoms with Gasteiger partial charge in [-0.1, -0.05) is 24.3 Å². The molecule has 0 saturated carbocycles. The van der Waals surface area contributed by atoms with E-state index < -0.39 is 6.09 Å². The number of carboxylic acid groups (broad SMARTS) is 1. The molecular formula is C12H11NO3. The van der Waals surface area contributed by atoms with Gasteiger partial charge in [-0.05, 0) is 11.1 Å². The summed E-state index contributed by atoms with van der Waals surface area (Å²) in [6.07, 6.45) is -0.893. The number of nitrogens with zero attached hydrogens (tertiary/aromatic N) is 1. The van der Waals surface area contributed by atoms with Gasteiger partial charge in [0.15, 0.2) is 0 Å². The van der Waals surface area contributed by atoms with E-state index in [-0.39, 0.29) is 0 Å². The summed E-state index contributed by atoms with van der Waals surface area (Å²) in [6, 6.07) is 7.98. The Kier molecular flexibility index (Phi) is 1.89. The van der Waals surface area contributed by atoms with Crippen molar-refractivity contribution >= 4 is 11.7 Å². The van der Waals surface area contributed by atoms with Crippen LogP contribution in [0.15, 0.2) is 30.0 Å². The smallest absolute Gasteiger partial charge is 0.408 e. The Balaban J connectivity index is 2.00. The van der Waals surface area contributed by atoms with Crippen molar-refractivity contribution in [1.29, 1.82) is 0 Å². The molecule has 0 radical (unpaired) electrons. The molecule has 2 aliphatic heterocycles. The lowest BCUT2D eigenvalue weighted by Crippen LogP contribution is -2.27. The summed E-state index contributed by atoms with van der Waals surface area (Å²) in [5.41, 5.74) is 3.28. The standard InChI is InChI=1S/C12H11NO3/c14-12(15)13-5-10-9-4-2-1-3-8(9)7-16-11(10)6-13/h1-4H,5-7H2,(H,14,15). The lowest BCUT2D eigenvalue weighted by atomic mass is 9.98. The van der Waals surface area contributed by atoms with E-state index in [2.05, 4.69) is 0 Å². The van der Waals surface area contributed by atoms with E-state index in [4.69, 9.17) is 9.84 Å². The lowest BCUT2D eigenvalue weighted by Gasteiger charge is -2.18. The summed E-state index contributed by atoms with van der Waals surface area (Å²) in [7, 11) is 0. The zero-order valence-corrected chi connectivity index (χ0v) is 8.64. The Morgan fingerprint density at radius 3 is 2.94 bits per heavy atom. The van der Waals surface area contributed by atoms with Gasteiger partial charge in [-0.25, -0.2) is 4.79 Å². The average Bonchev–Trinajstić information content (AvgIpc) is 2.73. The molecule has 1 N–H and O–H groups in total. The van der Waals surface area contributed by atoms with E-state index in [9.17, 15) is 4.79 Å². The van der Waals surface area contributed by atoms with Crippen LogP contribution in [-0.2, 0) is 11.3 Å².